The Bertz CT molecular complexity index is 752. The largest absolute Gasteiger partial charge is 0.393 e. The zero-order chi connectivity index (χ0) is 17.5. The summed E-state index contributed by atoms with van der Waals surface area (Å²) in [6, 6.07) is 0.204. The van der Waals surface area contributed by atoms with Crippen LogP contribution in [-0.4, -0.2) is 50.4 Å². The first-order valence-electron chi connectivity index (χ1n) is 7.14. The van der Waals surface area contributed by atoms with Crippen LogP contribution in [0.15, 0.2) is 16.1 Å². The highest BCUT2D eigenvalue weighted by Crippen LogP contribution is 2.40. The number of aliphatic hydroxyl groups is 2. The van der Waals surface area contributed by atoms with Gasteiger partial charge in [-0.15, -0.1) is 0 Å². The number of aromatic nitrogens is 2. The van der Waals surface area contributed by atoms with Crippen molar-refractivity contribution in [2.45, 2.75) is 43.1 Å². The van der Waals surface area contributed by atoms with E-state index < -0.39 is 36.5 Å². The van der Waals surface area contributed by atoms with Gasteiger partial charge in [-0.3, -0.25) is 4.57 Å². The molecule has 0 radical (unpaired) electrons. The maximum atomic E-state index is 14.4. The zero-order valence-electron chi connectivity index (χ0n) is 12.2. The van der Waals surface area contributed by atoms with Gasteiger partial charge >= 0.3 is 5.69 Å². The van der Waals surface area contributed by atoms with Crippen LogP contribution in [0.2, 0.25) is 5.02 Å². The number of azide groups is 1. The number of hydrogen-bond acceptors (Lipinski definition) is 7. The third kappa shape index (κ3) is 2.80. The Balaban J connectivity index is 1.95. The van der Waals surface area contributed by atoms with Crippen LogP contribution < -0.4 is 11.0 Å². The minimum atomic E-state index is -2.23. The van der Waals surface area contributed by atoms with Crippen molar-refractivity contribution in [2.75, 3.05) is 11.9 Å². The van der Waals surface area contributed by atoms with E-state index in [-0.39, 0.29) is 16.9 Å². The lowest BCUT2D eigenvalue weighted by Gasteiger charge is -2.23. The summed E-state index contributed by atoms with van der Waals surface area (Å²) in [5.41, 5.74) is 5.44. The smallest absolute Gasteiger partial charge is 0.351 e. The molecule has 2 fully saturated rings. The maximum Gasteiger partial charge on any atom is 0.351 e. The van der Waals surface area contributed by atoms with Gasteiger partial charge in [0.2, 0.25) is 5.72 Å². The zero-order valence-corrected chi connectivity index (χ0v) is 13.0. The first-order valence-corrected chi connectivity index (χ1v) is 7.52. The van der Waals surface area contributed by atoms with Crippen molar-refractivity contribution in [2.24, 2.45) is 5.11 Å². The van der Waals surface area contributed by atoms with Crippen LogP contribution >= 0.6 is 11.6 Å². The molecule has 1 aromatic rings. The molecule has 1 aliphatic heterocycles. The summed E-state index contributed by atoms with van der Waals surface area (Å²) in [5, 5.41) is 25.4. The fourth-order valence-corrected chi connectivity index (χ4v) is 2.63. The molecule has 0 bridgehead atoms. The number of halogens is 2. The van der Waals surface area contributed by atoms with Crippen LogP contribution in [0.25, 0.3) is 10.4 Å². The Labute approximate surface area is 139 Å². The summed E-state index contributed by atoms with van der Waals surface area (Å²) >= 11 is 6.05. The SMILES string of the molecule is [N-]=[N+]=N[C@]1(CO)O[C@@H](n2cc(Cl)c(NC3CC3)nc2=O)[C@@H](F)[C@@H]1O. The molecule has 1 saturated heterocycles. The molecule has 1 aliphatic carbocycles. The summed E-state index contributed by atoms with van der Waals surface area (Å²) in [7, 11) is 0. The highest BCUT2D eigenvalue weighted by molar-refractivity contribution is 6.32. The van der Waals surface area contributed by atoms with E-state index in [1.807, 2.05) is 0 Å². The maximum absolute atomic E-state index is 14.4. The highest BCUT2D eigenvalue weighted by Gasteiger charge is 2.56. The lowest BCUT2D eigenvalue weighted by molar-refractivity contribution is -0.124. The van der Waals surface area contributed by atoms with Crippen LogP contribution in [0.4, 0.5) is 10.2 Å². The molecular weight excluding hydrogens is 347 g/mol. The molecule has 0 spiro atoms. The number of hydrogen-bond donors (Lipinski definition) is 3. The highest BCUT2D eigenvalue weighted by atomic mass is 35.5. The minimum absolute atomic E-state index is 0.0667. The predicted octanol–water partition coefficient (Wildman–Crippen LogP) is 0.698. The molecule has 10 nitrogen and oxygen atoms in total. The van der Waals surface area contributed by atoms with E-state index in [1.165, 1.54) is 0 Å². The summed E-state index contributed by atoms with van der Waals surface area (Å²) in [5.74, 6) is 0.179. The lowest BCUT2D eigenvalue weighted by Crippen LogP contribution is -2.43. The van der Waals surface area contributed by atoms with E-state index in [0.29, 0.717) is 0 Å². The van der Waals surface area contributed by atoms with Crippen molar-refractivity contribution in [3.63, 3.8) is 0 Å². The van der Waals surface area contributed by atoms with E-state index in [9.17, 15) is 19.4 Å². The average Bonchev–Trinajstić information content (AvgIpc) is 3.34. The average molecular weight is 361 g/mol. The Morgan fingerprint density at radius 1 is 1.67 bits per heavy atom. The molecule has 2 aliphatic rings. The summed E-state index contributed by atoms with van der Waals surface area (Å²) in [4.78, 5) is 18.3. The molecule has 1 aromatic heterocycles. The van der Waals surface area contributed by atoms with Crippen LogP contribution in [-0.2, 0) is 4.74 Å². The van der Waals surface area contributed by atoms with Gasteiger partial charge in [-0.1, -0.05) is 16.7 Å². The summed E-state index contributed by atoms with van der Waals surface area (Å²) in [6.45, 7) is -0.966. The van der Waals surface area contributed by atoms with Gasteiger partial charge in [-0.05, 0) is 18.4 Å². The second-order valence-electron chi connectivity index (χ2n) is 5.64. The Morgan fingerprint density at radius 2 is 2.38 bits per heavy atom. The predicted molar refractivity (Wildman–Crippen MR) is 80.1 cm³/mol. The molecule has 130 valence electrons. The van der Waals surface area contributed by atoms with Gasteiger partial charge in [0.05, 0.1) is 11.6 Å². The number of aliphatic hydroxyl groups excluding tert-OH is 2. The Morgan fingerprint density at radius 3 is 2.96 bits per heavy atom. The summed E-state index contributed by atoms with van der Waals surface area (Å²) in [6.07, 6.45) is -2.74. The van der Waals surface area contributed by atoms with E-state index >= 15 is 0 Å². The quantitative estimate of drug-likeness (QED) is 0.400. The molecule has 1 saturated carbocycles. The normalized spacial score (nSPS) is 32.4. The van der Waals surface area contributed by atoms with Gasteiger partial charge in [0.15, 0.2) is 18.2 Å². The van der Waals surface area contributed by atoms with E-state index in [4.69, 9.17) is 21.9 Å². The third-order valence-electron chi connectivity index (χ3n) is 3.90. The van der Waals surface area contributed by atoms with Crippen molar-refractivity contribution >= 4 is 17.4 Å². The molecule has 0 aromatic carbocycles. The molecule has 0 unspecified atom stereocenters. The second-order valence-corrected chi connectivity index (χ2v) is 6.04. The van der Waals surface area contributed by atoms with Crippen molar-refractivity contribution in [1.82, 2.24) is 9.55 Å². The molecule has 3 rings (SSSR count). The first-order chi connectivity index (χ1) is 11.4. The standard InChI is InChI=1S/C12H14ClFN6O4/c13-6-3-20(11(23)17-9(6)16-5-1-2-5)10-7(14)8(22)12(4-21,24-10)18-19-15/h3,5,7-8,10,21-22H,1-2,4H2,(H,16,17,23)/t7-,8-,10+,12+/m0/s1. The number of nitrogens with one attached hydrogen (secondary N) is 1. The monoisotopic (exact) mass is 360 g/mol. The van der Waals surface area contributed by atoms with Crippen LogP contribution in [0.1, 0.15) is 19.1 Å². The van der Waals surface area contributed by atoms with Gasteiger partial charge in [0, 0.05) is 17.2 Å². The number of ether oxygens (including phenoxy) is 1. The van der Waals surface area contributed by atoms with Gasteiger partial charge in [-0.2, -0.15) is 4.98 Å². The Kier molecular flexibility index (Phi) is 4.37. The number of anilines is 1. The number of nitrogens with zero attached hydrogens (tertiary/aromatic N) is 5. The lowest BCUT2D eigenvalue weighted by atomic mass is 10.1. The molecule has 0 amide bonds. The van der Waals surface area contributed by atoms with Gasteiger partial charge in [0.1, 0.15) is 6.10 Å². The molecule has 12 heteroatoms. The number of alkyl halides is 1. The van der Waals surface area contributed by atoms with Crippen LogP contribution in [0.3, 0.4) is 0 Å². The fraction of sp³-hybridized carbons (Fsp3) is 0.667. The second kappa shape index (κ2) is 6.19. The van der Waals surface area contributed by atoms with Crippen molar-refractivity contribution < 1.29 is 19.3 Å². The Hall–Kier alpha value is -1.91. The first kappa shape index (κ1) is 16.9. The third-order valence-corrected chi connectivity index (χ3v) is 4.18. The topological polar surface area (TPSA) is 145 Å². The molecule has 4 atom stereocenters. The van der Waals surface area contributed by atoms with Crippen molar-refractivity contribution in [1.29, 1.82) is 0 Å². The van der Waals surface area contributed by atoms with E-state index in [1.54, 1.807) is 0 Å². The summed E-state index contributed by atoms with van der Waals surface area (Å²) < 4.78 is 20.3. The van der Waals surface area contributed by atoms with Crippen molar-refractivity contribution in [3.8, 4) is 0 Å². The van der Waals surface area contributed by atoms with Crippen LogP contribution in [0, 0.1) is 0 Å². The molecule has 24 heavy (non-hydrogen) atoms. The van der Waals surface area contributed by atoms with Gasteiger partial charge in [-0.25, -0.2) is 9.18 Å². The van der Waals surface area contributed by atoms with Gasteiger partial charge in [0.25, 0.3) is 0 Å². The van der Waals surface area contributed by atoms with Crippen molar-refractivity contribution in [3.05, 3.63) is 32.1 Å². The van der Waals surface area contributed by atoms with E-state index in [0.717, 1.165) is 23.6 Å². The minimum Gasteiger partial charge on any atom is -0.393 e. The van der Waals surface area contributed by atoms with E-state index in [2.05, 4.69) is 20.3 Å². The molecular formula is C12H14ClFN6O4. The molecule has 2 heterocycles. The van der Waals surface area contributed by atoms with Gasteiger partial charge < -0.3 is 20.3 Å². The van der Waals surface area contributed by atoms with Crippen LogP contribution in [0.5, 0.6) is 0 Å². The number of rotatable bonds is 5. The fourth-order valence-electron chi connectivity index (χ4n) is 2.43. The molecule has 3 N–H and O–H groups in total.